The van der Waals surface area contributed by atoms with E-state index in [0.29, 0.717) is 12.0 Å². The van der Waals surface area contributed by atoms with Gasteiger partial charge in [-0.2, -0.15) is 0 Å². The maximum Gasteiger partial charge on any atom is 0.408 e. The number of Topliss-reactive ketones (excluding diaryl/α,β-unsaturated/α-hetero) is 1. The summed E-state index contributed by atoms with van der Waals surface area (Å²) in [5, 5.41) is 17.9. The third kappa shape index (κ3) is 11.1. The van der Waals surface area contributed by atoms with Crippen LogP contribution < -0.4 is 21.3 Å². The molecule has 1 aromatic rings. The van der Waals surface area contributed by atoms with Crippen LogP contribution in [0, 0.1) is 0 Å². The van der Waals surface area contributed by atoms with E-state index in [0.717, 1.165) is 0 Å². The van der Waals surface area contributed by atoms with Crippen molar-refractivity contribution in [2.24, 2.45) is 0 Å². The summed E-state index contributed by atoms with van der Waals surface area (Å²) in [6.45, 7) is 5.51. The molecule has 0 bridgehead atoms. The van der Waals surface area contributed by atoms with Gasteiger partial charge in [-0.15, -0.1) is 0 Å². The van der Waals surface area contributed by atoms with Crippen LogP contribution in [0.25, 0.3) is 0 Å². The molecule has 0 spiro atoms. The summed E-state index contributed by atoms with van der Waals surface area (Å²) < 4.78 is 5.07. The minimum Gasteiger partial charge on any atom is -0.480 e. The van der Waals surface area contributed by atoms with Gasteiger partial charge in [0, 0.05) is 0 Å². The largest absolute Gasteiger partial charge is 0.480 e. The molecule has 0 aliphatic heterocycles. The maximum atomic E-state index is 13.1. The minimum absolute atomic E-state index is 0.112. The van der Waals surface area contributed by atoms with Crippen molar-refractivity contribution in [1.82, 2.24) is 21.3 Å². The topological polar surface area (TPSA) is 180 Å². The monoisotopic (exact) mass is 492 g/mol. The zero-order valence-corrected chi connectivity index (χ0v) is 20.2. The Kier molecular flexibility index (Phi) is 11.4. The highest BCUT2D eigenvalue weighted by molar-refractivity contribution is 6.38. The lowest BCUT2D eigenvalue weighted by Gasteiger charge is -2.23. The molecule has 192 valence electrons. The number of hydrogen-bond donors (Lipinski definition) is 5. The number of carboxylic acids is 1. The fourth-order valence-corrected chi connectivity index (χ4v) is 2.84. The highest BCUT2D eigenvalue weighted by atomic mass is 16.6. The summed E-state index contributed by atoms with van der Waals surface area (Å²) in [6, 6.07) is 5.70. The molecule has 0 radical (unpaired) electrons. The average Bonchev–Trinajstić information content (AvgIpc) is 2.78. The van der Waals surface area contributed by atoms with Gasteiger partial charge in [0.25, 0.3) is 5.91 Å². The fraction of sp³-hybridized carbons (Fsp3) is 0.478. The lowest BCUT2D eigenvalue weighted by molar-refractivity contribution is -0.143. The molecule has 1 aromatic carbocycles. The number of carboxylic acid groups (broad SMARTS) is 1. The van der Waals surface area contributed by atoms with Gasteiger partial charge in [-0.1, -0.05) is 43.7 Å². The smallest absolute Gasteiger partial charge is 0.408 e. The van der Waals surface area contributed by atoms with E-state index in [1.165, 1.54) is 0 Å². The first kappa shape index (κ1) is 29.1. The Morgan fingerprint density at radius 2 is 1.57 bits per heavy atom. The zero-order chi connectivity index (χ0) is 26.6. The van der Waals surface area contributed by atoms with Crippen molar-refractivity contribution in [1.29, 1.82) is 0 Å². The number of ketones is 1. The highest BCUT2D eigenvalue weighted by Gasteiger charge is 2.30. The van der Waals surface area contributed by atoms with Crippen molar-refractivity contribution in [2.75, 3.05) is 13.1 Å². The third-order valence-corrected chi connectivity index (χ3v) is 4.33. The second-order valence-electron chi connectivity index (χ2n) is 8.56. The molecule has 0 aromatic heterocycles. The molecule has 4 amide bonds. The summed E-state index contributed by atoms with van der Waals surface area (Å²) in [7, 11) is 0. The number of ether oxygens (including phenoxy) is 1. The van der Waals surface area contributed by atoms with Crippen molar-refractivity contribution in [2.45, 2.75) is 58.2 Å². The van der Waals surface area contributed by atoms with Crippen LogP contribution in [-0.4, -0.2) is 65.4 Å². The van der Waals surface area contributed by atoms with E-state index in [-0.39, 0.29) is 6.42 Å². The van der Waals surface area contributed by atoms with Crippen LogP contribution in [0.15, 0.2) is 30.3 Å². The molecule has 0 saturated heterocycles. The Labute approximate surface area is 203 Å². The Morgan fingerprint density at radius 3 is 2.11 bits per heavy atom. The van der Waals surface area contributed by atoms with Gasteiger partial charge in [0.1, 0.15) is 24.7 Å². The molecule has 12 heteroatoms. The van der Waals surface area contributed by atoms with Crippen molar-refractivity contribution in [3.8, 4) is 0 Å². The number of nitrogens with one attached hydrogen (secondary N) is 4. The van der Waals surface area contributed by atoms with E-state index in [1.54, 1.807) is 58.0 Å². The Hall–Kier alpha value is -3.96. The first-order valence-corrected chi connectivity index (χ1v) is 11.0. The first-order chi connectivity index (χ1) is 16.3. The SMILES string of the molecule is CCCC(NC(=O)[C@@H](NC(=O)CNC(=O)OC(C)(C)C)c1ccccc1)C(=O)C(=O)NCC(=O)O. The molecule has 1 rings (SSSR count). The van der Waals surface area contributed by atoms with Gasteiger partial charge in [0.15, 0.2) is 0 Å². The van der Waals surface area contributed by atoms with Crippen molar-refractivity contribution < 1.29 is 38.6 Å². The summed E-state index contributed by atoms with van der Waals surface area (Å²) in [4.78, 5) is 72.5. The summed E-state index contributed by atoms with van der Waals surface area (Å²) in [5.74, 6) is -4.94. The number of benzene rings is 1. The number of rotatable bonds is 12. The molecule has 0 heterocycles. The normalized spacial score (nSPS) is 12.5. The first-order valence-electron chi connectivity index (χ1n) is 11.0. The van der Waals surface area contributed by atoms with Gasteiger partial charge in [-0.05, 0) is 32.8 Å². The van der Waals surface area contributed by atoms with Crippen LogP contribution in [0.4, 0.5) is 4.79 Å². The quantitative estimate of drug-likeness (QED) is 0.260. The molecule has 0 aliphatic carbocycles. The van der Waals surface area contributed by atoms with E-state index in [9.17, 15) is 28.8 Å². The van der Waals surface area contributed by atoms with Gasteiger partial charge < -0.3 is 31.1 Å². The molecule has 0 aliphatic rings. The fourth-order valence-electron chi connectivity index (χ4n) is 2.84. The molecular weight excluding hydrogens is 460 g/mol. The Bertz CT molecular complexity index is 927. The Morgan fingerprint density at radius 1 is 0.943 bits per heavy atom. The summed E-state index contributed by atoms with van der Waals surface area (Å²) in [5.41, 5.74) is -0.362. The molecular formula is C23H32N4O8. The number of carbonyl (C=O) groups excluding carboxylic acids is 5. The van der Waals surface area contributed by atoms with Crippen LogP contribution in [0.2, 0.25) is 0 Å². The summed E-state index contributed by atoms with van der Waals surface area (Å²) >= 11 is 0. The molecule has 35 heavy (non-hydrogen) atoms. The number of amides is 4. The lowest BCUT2D eigenvalue weighted by atomic mass is 10.0. The average molecular weight is 493 g/mol. The molecule has 5 N–H and O–H groups in total. The van der Waals surface area contributed by atoms with Gasteiger partial charge >= 0.3 is 12.1 Å². The van der Waals surface area contributed by atoms with E-state index in [2.05, 4.69) is 16.0 Å². The van der Waals surface area contributed by atoms with E-state index >= 15 is 0 Å². The van der Waals surface area contributed by atoms with Crippen LogP contribution in [-0.2, 0) is 28.7 Å². The predicted molar refractivity (Wildman–Crippen MR) is 124 cm³/mol. The predicted octanol–water partition coefficient (Wildman–Crippen LogP) is 0.423. The van der Waals surface area contributed by atoms with E-state index in [1.807, 2.05) is 5.32 Å². The number of alkyl carbamates (subject to hydrolysis) is 1. The van der Waals surface area contributed by atoms with Crippen molar-refractivity contribution in [3.63, 3.8) is 0 Å². The molecule has 2 atom stereocenters. The van der Waals surface area contributed by atoms with Crippen molar-refractivity contribution >= 4 is 35.6 Å². The minimum atomic E-state index is -1.32. The number of carbonyl (C=O) groups is 6. The molecule has 0 fully saturated rings. The van der Waals surface area contributed by atoms with Crippen LogP contribution in [0.1, 0.15) is 52.1 Å². The van der Waals surface area contributed by atoms with Crippen LogP contribution in [0.3, 0.4) is 0 Å². The van der Waals surface area contributed by atoms with Crippen LogP contribution >= 0.6 is 0 Å². The second-order valence-corrected chi connectivity index (χ2v) is 8.56. The van der Waals surface area contributed by atoms with Gasteiger partial charge in [0.05, 0.1) is 6.04 Å². The summed E-state index contributed by atoms with van der Waals surface area (Å²) in [6.07, 6.45) is -0.263. The number of aliphatic carboxylic acids is 1. The van der Waals surface area contributed by atoms with Crippen LogP contribution in [0.5, 0.6) is 0 Å². The van der Waals surface area contributed by atoms with E-state index < -0.39 is 66.3 Å². The lowest BCUT2D eigenvalue weighted by Crippen LogP contribution is -2.52. The maximum absolute atomic E-state index is 13.1. The second kappa shape index (κ2) is 13.7. The standard InChI is InChI=1S/C23H32N4O8/c1-5-9-15(19(31)21(33)24-13-17(29)30)26-20(32)18(14-10-7-6-8-11-14)27-16(28)12-25-22(34)35-23(2,3)4/h6-8,10-11,15,18H,5,9,12-13H2,1-4H3,(H,24,33)(H,25,34)(H,26,32)(H,27,28)(H,29,30)/t15?,18-/m0/s1. The van der Waals surface area contributed by atoms with Gasteiger partial charge in [-0.3, -0.25) is 24.0 Å². The molecule has 0 saturated carbocycles. The molecule has 1 unspecified atom stereocenters. The zero-order valence-electron chi connectivity index (χ0n) is 20.2. The van der Waals surface area contributed by atoms with Gasteiger partial charge in [0.2, 0.25) is 17.6 Å². The highest BCUT2D eigenvalue weighted by Crippen LogP contribution is 2.14. The van der Waals surface area contributed by atoms with E-state index in [4.69, 9.17) is 9.84 Å². The van der Waals surface area contributed by atoms with Crippen molar-refractivity contribution in [3.05, 3.63) is 35.9 Å². The number of hydrogen-bond acceptors (Lipinski definition) is 7. The Balaban J connectivity index is 2.95. The van der Waals surface area contributed by atoms with Gasteiger partial charge in [-0.25, -0.2) is 4.79 Å². The molecule has 12 nitrogen and oxygen atoms in total. The third-order valence-electron chi connectivity index (χ3n) is 4.33.